The summed E-state index contributed by atoms with van der Waals surface area (Å²) in [5.74, 6) is 1.20. The predicted molar refractivity (Wildman–Crippen MR) is 120 cm³/mol. The number of rotatable bonds is 10. The van der Waals surface area contributed by atoms with E-state index in [9.17, 15) is 5.26 Å². The van der Waals surface area contributed by atoms with Gasteiger partial charge in [-0.05, 0) is 41.7 Å². The van der Waals surface area contributed by atoms with Crippen LogP contribution < -0.4 is 10.1 Å². The number of hydrogen-bond acceptors (Lipinski definition) is 5. The maximum absolute atomic E-state index is 9.59. The molecule has 3 rings (SSSR count). The van der Waals surface area contributed by atoms with E-state index >= 15 is 0 Å². The summed E-state index contributed by atoms with van der Waals surface area (Å²) in [7, 11) is 0. The third-order valence-corrected chi connectivity index (χ3v) is 5.96. The molecular formula is C23H24N2OS2. The molecule has 0 spiro atoms. The van der Waals surface area contributed by atoms with Gasteiger partial charge in [-0.2, -0.15) is 17.0 Å². The number of thioether (sulfide) groups is 1. The minimum absolute atomic E-state index is 0.463. The van der Waals surface area contributed by atoms with Gasteiger partial charge in [-0.3, -0.25) is 0 Å². The highest BCUT2D eigenvalue weighted by Crippen LogP contribution is 2.37. The minimum Gasteiger partial charge on any atom is -0.478 e. The number of nitrogens with zero attached hydrogens (tertiary/aromatic N) is 1. The second-order valence-electron chi connectivity index (χ2n) is 6.42. The van der Waals surface area contributed by atoms with Crippen molar-refractivity contribution >= 4 is 23.1 Å². The highest BCUT2D eigenvalue weighted by molar-refractivity contribution is 7.98. The summed E-state index contributed by atoms with van der Waals surface area (Å²) in [5.41, 5.74) is 4.96. The van der Waals surface area contributed by atoms with E-state index in [1.165, 1.54) is 29.1 Å². The van der Waals surface area contributed by atoms with Gasteiger partial charge in [-0.25, -0.2) is 0 Å². The first kappa shape index (κ1) is 20.5. The Morgan fingerprint density at radius 1 is 1.07 bits per heavy atom. The van der Waals surface area contributed by atoms with Crippen LogP contribution in [0.15, 0.2) is 60.0 Å². The molecule has 3 aromatic rings. The molecule has 0 bridgehead atoms. The maximum atomic E-state index is 9.59. The van der Waals surface area contributed by atoms with Gasteiger partial charge in [-0.1, -0.05) is 54.6 Å². The van der Waals surface area contributed by atoms with E-state index < -0.39 is 0 Å². The Hall–Kier alpha value is -2.26. The van der Waals surface area contributed by atoms with Crippen molar-refractivity contribution in [3.63, 3.8) is 0 Å². The quantitative estimate of drug-likeness (QED) is 0.437. The van der Waals surface area contributed by atoms with Crippen molar-refractivity contribution in [1.82, 2.24) is 5.32 Å². The van der Waals surface area contributed by atoms with Gasteiger partial charge in [0.2, 0.25) is 0 Å². The molecule has 5 heteroatoms. The Morgan fingerprint density at radius 2 is 1.82 bits per heavy atom. The number of thiophene rings is 1. The van der Waals surface area contributed by atoms with Crippen LogP contribution in [0.1, 0.15) is 23.1 Å². The number of ether oxygens (including phenoxy) is 1. The van der Waals surface area contributed by atoms with Gasteiger partial charge in [-0.15, -0.1) is 11.3 Å². The van der Waals surface area contributed by atoms with Gasteiger partial charge in [0.15, 0.2) is 5.06 Å². The normalized spacial score (nSPS) is 10.6. The molecule has 1 heterocycles. The van der Waals surface area contributed by atoms with E-state index in [1.807, 2.05) is 47.5 Å². The van der Waals surface area contributed by atoms with Crippen LogP contribution in [0.5, 0.6) is 5.06 Å². The number of nitrogens with one attached hydrogen (secondary N) is 1. The van der Waals surface area contributed by atoms with Gasteiger partial charge in [0, 0.05) is 17.5 Å². The Bertz CT molecular complexity index is 899. The Balaban J connectivity index is 1.56. The van der Waals surface area contributed by atoms with Crippen molar-refractivity contribution in [2.45, 2.75) is 19.6 Å². The lowest BCUT2D eigenvalue weighted by molar-refractivity contribution is 0.315. The molecule has 0 aliphatic carbocycles. The lowest BCUT2D eigenvalue weighted by atomic mass is 10.1. The fourth-order valence-corrected chi connectivity index (χ4v) is 4.17. The molecule has 0 amide bonds. The van der Waals surface area contributed by atoms with Crippen LogP contribution in [0.2, 0.25) is 0 Å². The molecule has 28 heavy (non-hydrogen) atoms. The van der Waals surface area contributed by atoms with Crippen LogP contribution in [-0.4, -0.2) is 18.6 Å². The first-order valence-corrected chi connectivity index (χ1v) is 11.6. The molecule has 1 aromatic heterocycles. The second kappa shape index (κ2) is 10.9. The van der Waals surface area contributed by atoms with Crippen molar-refractivity contribution in [3.05, 3.63) is 76.7 Å². The largest absolute Gasteiger partial charge is 0.478 e. The first-order valence-electron chi connectivity index (χ1n) is 9.29. The SMILES string of the molecule is CSCCCNCc1ccc(COc2scc(-c3ccccc3)c2C#N)cc1. The molecule has 3 nitrogen and oxygen atoms in total. The van der Waals surface area contributed by atoms with E-state index in [-0.39, 0.29) is 0 Å². The van der Waals surface area contributed by atoms with E-state index in [0.29, 0.717) is 17.2 Å². The van der Waals surface area contributed by atoms with Crippen molar-refractivity contribution in [3.8, 4) is 22.3 Å². The third kappa shape index (κ3) is 5.62. The summed E-state index contributed by atoms with van der Waals surface area (Å²) in [4.78, 5) is 0. The Morgan fingerprint density at radius 3 is 2.54 bits per heavy atom. The fourth-order valence-electron chi connectivity index (χ4n) is 2.86. The lowest BCUT2D eigenvalue weighted by Gasteiger charge is -2.07. The van der Waals surface area contributed by atoms with Gasteiger partial charge >= 0.3 is 0 Å². The predicted octanol–water partition coefficient (Wildman–Crippen LogP) is 5.71. The highest BCUT2D eigenvalue weighted by atomic mass is 32.2. The van der Waals surface area contributed by atoms with E-state index in [1.54, 1.807) is 0 Å². The summed E-state index contributed by atoms with van der Waals surface area (Å²) in [6.45, 7) is 2.40. The monoisotopic (exact) mass is 408 g/mol. The molecule has 0 aliphatic heterocycles. The molecule has 2 aromatic carbocycles. The molecular weight excluding hydrogens is 384 g/mol. The van der Waals surface area contributed by atoms with E-state index in [2.05, 4.69) is 41.9 Å². The zero-order valence-corrected chi connectivity index (χ0v) is 17.6. The summed E-state index contributed by atoms with van der Waals surface area (Å²) in [6.07, 6.45) is 3.33. The number of benzene rings is 2. The molecule has 0 saturated carbocycles. The summed E-state index contributed by atoms with van der Waals surface area (Å²) in [5, 5.41) is 15.7. The highest BCUT2D eigenvalue weighted by Gasteiger charge is 2.14. The van der Waals surface area contributed by atoms with Crippen molar-refractivity contribution in [2.24, 2.45) is 0 Å². The number of nitriles is 1. The van der Waals surface area contributed by atoms with Gasteiger partial charge in [0.05, 0.1) is 0 Å². The van der Waals surface area contributed by atoms with Crippen LogP contribution in [0.3, 0.4) is 0 Å². The topological polar surface area (TPSA) is 45.0 Å². The van der Waals surface area contributed by atoms with Crippen LogP contribution >= 0.6 is 23.1 Å². The molecule has 0 atom stereocenters. The molecule has 0 fully saturated rings. The fraction of sp³-hybridized carbons (Fsp3) is 0.261. The lowest BCUT2D eigenvalue weighted by Crippen LogP contribution is -2.15. The smallest absolute Gasteiger partial charge is 0.192 e. The number of hydrogen-bond donors (Lipinski definition) is 1. The average Bonchev–Trinajstić information content (AvgIpc) is 3.16. The van der Waals surface area contributed by atoms with Crippen LogP contribution in [-0.2, 0) is 13.2 Å². The molecule has 0 saturated heterocycles. The van der Waals surface area contributed by atoms with E-state index in [0.717, 1.165) is 29.8 Å². The van der Waals surface area contributed by atoms with Gasteiger partial charge in [0.1, 0.15) is 18.2 Å². The Kier molecular flexibility index (Phi) is 7.98. The molecule has 144 valence electrons. The molecule has 0 aliphatic rings. The minimum atomic E-state index is 0.463. The molecule has 0 unspecified atom stereocenters. The third-order valence-electron chi connectivity index (χ3n) is 4.38. The van der Waals surface area contributed by atoms with Crippen molar-refractivity contribution in [2.75, 3.05) is 18.6 Å². The van der Waals surface area contributed by atoms with Crippen molar-refractivity contribution < 1.29 is 4.74 Å². The van der Waals surface area contributed by atoms with Crippen LogP contribution in [0.4, 0.5) is 0 Å². The summed E-state index contributed by atoms with van der Waals surface area (Å²) < 4.78 is 5.96. The van der Waals surface area contributed by atoms with Crippen LogP contribution in [0.25, 0.3) is 11.1 Å². The van der Waals surface area contributed by atoms with E-state index in [4.69, 9.17) is 4.74 Å². The zero-order chi connectivity index (χ0) is 19.6. The second-order valence-corrected chi connectivity index (χ2v) is 8.25. The maximum Gasteiger partial charge on any atom is 0.192 e. The summed E-state index contributed by atoms with van der Waals surface area (Å²) in [6, 6.07) is 20.7. The molecule has 0 radical (unpaired) electrons. The first-order chi connectivity index (χ1) is 13.8. The van der Waals surface area contributed by atoms with Crippen LogP contribution in [0, 0.1) is 11.3 Å². The zero-order valence-electron chi connectivity index (χ0n) is 16.0. The Labute approximate surface area is 175 Å². The summed E-state index contributed by atoms with van der Waals surface area (Å²) >= 11 is 3.36. The van der Waals surface area contributed by atoms with Gasteiger partial charge in [0.25, 0.3) is 0 Å². The van der Waals surface area contributed by atoms with Gasteiger partial charge < -0.3 is 10.1 Å². The standard InChI is InChI=1S/C23H24N2OS2/c1-27-13-5-12-25-15-18-8-10-19(11-9-18)16-26-23-21(14-24)22(17-28-23)20-6-3-2-4-7-20/h2-4,6-11,17,25H,5,12-13,15-16H2,1H3. The van der Waals surface area contributed by atoms with Crippen molar-refractivity contribution in [1.29, 1.82) is 5.26 Å². The average molecular weight is 409 g/mol. The molecule has 1 N–H and O–H groups in total.